The van der Waals surface area contributed by atoms with E-state index in [0.717, 1.165) is 38.5 Å². The number of anilines is 1. The number of hydrogen-bond acceptors (Lipinski definition) is 4. The molecule has 5 aliphatic carbocycles. The molecule has 226 valence electrons. The summed E-state index contributed by atoms with van der Waals surface area (Å²) in [5.41, 5.74) is 13.4. The molecule has 0 bridgehead atoms. The van der Waals surface area contributed by atoms with Crippen LogP contribution in [0.3, 0.4) is 0 Å². The lowest BCUT2D eigenvalue weighted by atomic mass is 9.33. The SMILES string of the molecule is CC1(C)CC2C3=C(c4cccnc4)CC4C5(C)Cc6c(N)n[nH]c6C(C)(C)C5CCC4(C)C3(C)CCC2[C@H](C(=O)O)C1. The minimum atomic E-state index is -0.601. The number of carboxylic acid groups (broad SMARTS) is 1. The van der Waals surface area contributed by atoms with Crippen molar-refractivity contribution < 1.29 is 9.90 Å². The van der Waals surface area contributed by atoms with Crippen LogP contribution in [0.4, 0.5) is 5.82 Å². The highest BCUT2D eigenvalue weighted by Gasteiger charge is 2.68. The van der Waals surface area contributed by atoms with E-state index in [1.165, 1.54) is 35.2 Å². The Balaban J connectivity index is 1.45. The van der Waals surface area contributed by atoms with E-state index >= 15 is 0 Å². The molecule has 0 radical (unpaired) electrons. The molecule has 6 nitrogen and oxygen atoms in total. The highest BCUT2D eigenvalue weighted by Crippen LogP contribution is 2.76. The van der Waals surface area contributed by atoms with Gasteiger partial charge in [-0.15, -0.1) is 0 Å². The second-order valence-electron chi connectivity index (χ2n) is 16.9. The van der Waals surface area contributed by atoms with E-state index in [9.17, 15) is 9.90 Å². The lowest BCUT2D eigenvalue weighted by Crippen LogP contribution is -2.64. The van der Waals surface area contributed by atoms with Crippen molar-refractivity contribution in [3.63, 3.8) is 0 Å². The van der Waals surface area contributed by atoms with Gasteiger partial charge in [-0.1, -0.05) is 60.1 Å². The summed E-state index contributed by atoms with van der Waals surface area (Å²) in [6.45, 7) is 17.2. The quantitative estimate of drug-likeness (QED) is 0.344. The van der Waals surface area contributed by atoms with Crippen molar-refractivity contribution in [2.45, 2.75) is 105 Å². The van der Waals surface area contributed by atoms with Gasteiger partial charge in [0.15, 0.2) is 0 Å². The monoisotopic (exact) mass is 570 g/mol. The number of nitrogens with zero attached hydrogens (tertiary/aromatic N) is 2. The molecule has 0 amide bonds. The normalized spacial score (nSPS) is 41.5. The smallest absolute Gasteiger partial charge is 0.306 e. The molecule has 7 rings (SSSR count). The Hall–Kier alpha value is -2.63. The Labute approximate surface area is 251 Å². The Morgan fingerprint density at radius 3 is 2.50 bits per heavy atom. The summed E-state index contributed by atoms with van der Waals surface area (Å²) in [4.78, 5) is 17.3. The highest BCUT2D eigenvalue weighted by molar-refractivity contribution is 5.74. The fourth-order valence-corrected chi connectivity index (χ4v) is 12.2. The van der Waals surface area contributed by atoms with Crippen LogP contribution in [0.25, 0.3) is 5.57 Å². The molecular weight excluding hydrogens is 520 g/mol. The Morgan fingerprint density at radius 2 is 1.81 bits per heavy atom. The van der Waals surface area contributed by atoms with Gasteiger partial charge in [-0.05, 0) is 114 Å². The zero-order chi connectivity index (χ0) is 30.0. The van der Waals surface area contributed by atoms with Crippen molar-refractivity contribution in [3.05, 3.63) is 46.9 Å². The zero-order valence-electron chi connectivity index (χ0n) is 26.7. The van der Waals surface area contributed by atoms with Crippen LogP contribution in [0.5, 0.6) is 0 Å². The fourth-order valence-electron chi connectivity index (χ4n) is 12.2. The molecule has 8 atom stereocenters. The maximum absolute atomic E-state index is 12.7. The predicted octanol–water partition coefficient (Wildman–Crippen LogP) is 7.67. The van der Waals surface area contributed by atoms with Crippen molar-refractivity contribution in [1.82, 2.24) is 15.2 Å². The van der Waals surface area contributed by atoms with Gasteiger partial charge in [-0.3, -0.25) is 14.9 Å². The molecule has 2 heterocycles. The summed E-state index contributed by atoms with van der Waals surface area (Å²) >= 11 is 0. The largest absolute Gasteiger partial charge is 0.481 e. The number of nitrogens with two attached hydrogens (primary N) is 1. The first kappa shape index (κ1) is 28.2. The van der Waals surface area contributed by atoms with Crippen molar-refractivity contribution in [2.24, 2.45) is 51.2 Å². The number of carboxylic acids is 1. The van der Waals surface area contributed by atoms with E-state index in [1.807, 2.05) is 6.20 Å². The summed E-state index contributed by atoms with van der Waals surface area (Å²) in [5, 5.41) is 18.3. The maximum Gasteiger partial charge on any atom is 0.306 e. The fraction of sp³-hybridized carbons (Fsp3) is 0.694. The molecule has 0 spiro atoms. The van der Waals surface area contributed by atoms with Crippen molar-refractivity contribution in [3.8, 4) is 0 Å². The summed E-state index contributed by atoms with van der Waals surface area (Å²) in [5.74, 6) is 1.29. The number of aromatic nitrogens is 3. The number of H-pyrrole nitrogens is 1. The van der Waals surface area contributed by atoms with Crippen LogP contribution < -0.4 is 5.73 Å². The van der Waals surface area contributed by atoms with Crippen LogP contribution in [0.2, 0.25) is 0 Å². The number of carbonyl (C=O) groups is 1. The molecule has 42 heavy (non-hydrogen) atoms. The first-order valence-electron chi connectivity index (χ1n) is 16.3. The Bertz CT molecular complexity index is 1470. The number of allylic oxidation sites excluding steroid dienone is 2. The first-order chi connectivity index (χ1) is 19.6. The number of pyridine rings is 1. The average Bonchev–Trinajstić information content (AvgIpc) is 3.28. The summed E-state index contributed by atoms with van der Waals surface area (Å²) < 4.78 is 0. The van der Waals surface area contributed by atoms with Crippen LogP contribution in [0, 0.1) is 51.2 Å². The van der Waals surface area contributed by atoms with Gasteiger partial charge in [0.25, 0.3) is 0 Å². The van der Waals surface area contributed by atoms with Crippen molar-refractivity contribution in [1.29, 1.82) is 0 Å². The molecule has 0 aliphatic heterocycles. The van der Waals surface area contributed by atoms with E-state index in [0.29, 0.717) is 23.6 Å². The van der Waals surface area contributed by atoms with E-state index in [1.54, 1.807) is 5.57 Å². The molecule has 5 aliphatic rings. The van der Waals surface area contributed by atoms with Gasteiger partial charge in [-0.25, -0.2) is 0 Å². The molecule has 2 aromatic heterocycles. The molecule has 4 N–H and O–H groups in total. The first-order valence-corrected chi connectivity index (χ1v) is 16.3. The van der Waals surface area contributed by atoms with Gasteiger partial charge < -0.3 is 10.8 Å². The molecular formula is C36H50N4O2. The third-order valence-electron chi connectivity index (χ3n) is 14.1. The highest BCUT2D eigenvalue weighted by atomic mass is 16.4. The molecule has 0 saturated heterocycles. The predicted molar refractivity (Wildman–Crippen MR) is 166 cm³/mol. The number of aliphatic carboxylic acids is 1. The van der Waals surface area contributed by atoms with E-state index in [4.69, 9.17) is 5.73 Å². The van der Waals surface area contributed by atoms with Gasteiger partial charge in [0, 0.05) is 29.1 Å². The molecule has 3 fully saturated rings. The summed E-state index contributed by atoms with van der Waals surface area (Å²) in [6, 6.07) is 4.33. The number of fused-ring (bicyclic) bond motifs is 8. The van der Waals surface area contributed by atoms with Crippen molar-refractivity contribution in [2.75, 3.05) is 5.73 Å². The van der Waals surface area contributed by atoms with E-state index in [-0.39, 0.29) is 38.9 Å². The standard InChI is InChI=1S/C36H50N4O2/c1-32(2)16-23-21(24(17-32)31(41)42)10-12-36(7)28(23)22(20-9-8-14-38-19-20)15-27-34(5)18-25-29(39-40-30(25)37)33(3,4)26(34)11-13-35(27,36)6/h8-9,14,19,21,23-24,26-27H,10-13,15-18H2,1-7H3,(H,41,42)(H3,37,39,40)/t21?,23?,24-,26?,27?,34?,35?,36?/m1/s1. The third-order valence-corrected chi connectivity index (χ3v) is 14.1. The van der Waals surface area contributed by atoms with Gasteiger partial charge in [0.2, 0.25) is 0 Å². The number of rotatable bonds is 2. The van der Waals surface area contributed by atoms with Crippen molar-refractivity contribution >= 4 is 17.4 Å². The molecule has 7 unspecified atom stereocenters. The minimum Gasteiger partial charge on any atom is -0.481 e. The Morgan fingerprint density at radius 1 is 1.05 bits per heavy atom. The maximum atomic E-state index is 12.7. The number of nitrogens with one attached hydrogen (secondary N) is 1. The third kappa shape index (κ3) is 3.53. The zero-order valence-corrected chi connectivity index (χ0v) is 26.7. The topological polar surface area (TPSA) is 105 Å². The minimum absolute atomic E-state index is 0.000478. The van der Waals surface area contributed by atoms with Gasteiger partial charge >= 0.3 is 5.97 Å². The molecule has 0 aromatic carbocycles. The summed E-state index contributed by atoms with van der Waals surface area (Å²) in [7, 11) is 0. The van der Waals surface area contributed by atoms with Crippen LogP contribution in [0.15, 0.2) is 30.1 Å². The lowest BCUT2D eigenvalue weighted by Gasteiger charge is -2.70. The van der Waals surface area contributed by atoms with Crippen LogP contribution in [-0.4, -0.2) is 26.3 Å². The van der Waals surface area contributed by atoms with Gasteiger partial charge in [-0.2, -0.15) is 5.10 Å². The number of nitrogen functional groups attached to an aromatic ring is 1. The molecule has 3 saturated carbocycles. The lowest BCUT2D eigenvalue weighted by molar-refractivity contribution is -0.161. The molecule has 6 heteroatoms. The Kier molecular flexibility index (Phi) is 5.85. The van der Waals surface area contributed by atoms with Crippen LogP contribution in [0.1, 0.15) is 110 Å². The second kappa shape index (κ2) is 8.72. The van der Waals surface area contributed by atoms with Gasteiger partial charge in [0.1, 0.15) is 5.82 Å². The summed E-state index contributed by atoms with van der Waals surface area (Å²) in [6.07, 6.45) is 12.2. The van der Waals surface area contributed by atoms with E-state index in [2.05, 4.69) is 82.0 Å². The van der Waals surface area contributed by atoms with Crippen LogP contribution in [-0.2, 0) is 16.6 Å². The molecule has 2 aromatic rings. The average molecular weight is 571 g/mol. The number of hydrogen-bond donors (Lipinski definition) is 3. The van der Waals surface area contributed by atoms with E-state index < -0.39 is 5.97 Å². The number of aromatic amines is 1. The second-order valence-corrected chi connectivity index (χ2v) is 16.9. The van der Waals surface area contributed by atoms with Gasteiger partial charge in [0.05, 0.1) is 5.92 Å². The van der Waals surface area contributed by atoms with Crippen LogP contribution >= 0.6 is 0 Å².